The van der Waals surface area contributed by atoms with Crippen LogP contribution in [0.4, 0.5) is 4.39 Å². The van der Waals surface area contributed by atoms with Gasteiger partial charge in [-0.15, -0.1) is 0 Å². The molecule has 2 rings (SSSR count). The van der Waals surface area contributed by atoms with E-state index in [2.05, 4.69) is 5.32 Å². The van der Waals surface area contributed by atoms with Gasteiger partial charge >= 0.3 is 5.97 Å². The zero-order valence-electron chi connectivity index (χ0n) is 12.1. The van der Waals surface area contributed by atoms with Crippen LogP contribution in [-0.4, -0.2) is 30.8 Å². The Balaban J connectivity index is 1.56. The van der Waals surface area contributed by atoms with Crippen molar-refractivity contribution in [2.45, 2.75) is 25.7 Å². The molecule has 0 heterocycles. The zero-order valence-corrected chi connectivity index (χ0v) is 12.1. The summed E-state index contributed by atoms with van der Waals surface area (Å²) in [5, 5.41) is 12.4. The smallest absolute Gasteiger partial charge is 0.306 e. The summed E-state index contributed by atoms with van der Waals surface area (Å²) < 4.78 is 18.2. The molecule has 0 radical (unpaired) electrons. The Labute approximate surface area is 124 Å². The van der Waals surface area contributed by atoms with Gasteiger partial charge in [0.05, 0.1) is 12.5 Å². The lowest BCUT2D eigenvalue weighted by molar-refractivity contribution is -0.142. The van der Waals surface area contributed by atoms with Crippen LogP contribution in [0.15, 0.2) is 24.3 Å². The lowest BCUT2D eigenvalue weighted by Crippen LogP contribution is -2.30. The van der Waals surface area contributed by atoms with Crippen molar-refractivity contribution in [1.29, 1.82) is 0 Å². The first-order valence-electron chi connectivity index (χ1n) is 7.48. The fourth-order valence-electron chi connectivity index (χ4n) is 2.81. The maximum absolute atomic E-state index is 12.7. The van der Waals surface area contributed by atoms with Gasteiger partial charge in [0.25, 0.3) is 0 Å². The molecule has 1 aromatic carbocycles. The first kappa shape index (κ1) is 15.8. The number of carboxylic acid groups (broad SMARTS) is 1. The number of nitrogens with one attached hydrogen (secondary N) is 1. The third kappa shape index (κ3) is 5.01. The molecule has 2 atom stereocenters. The van der Waals surface area contributed by atoms with Crippen molar-refractivity contribution in [1.82, 2.24) is 5.32 Å². The van der Waals surface area contributed by atoms with Crippen LogP contribution in [0.1, 0.15) is 25.7 Å². The van der Waals surface area contributed by atoms with E-state index in [1.807, 2.05) is 0 Å². The molecule has 2 unspecified atom stereocenters. The number of ether oxygens (including phenoxy) is 1. The van der Waals surface area contributed by atoms with Crippen molar-refractivity contribution in [3.8, 4) is 5.75 Å². The van der Waals surface area contributed by atoms with Crippen LogP contribution in [0.3, 0.4) is 0 Å². The predicted molar refractivity (Wildman–Crippen MR) is 77.8 cm³/mol. The fourth-order valence-corrected chi connectivity index (χ4v) is 2.81. The standard InChI is InChI=1S/C16H22FNO3/c17-13-5-7-14(8-6-13)21-10-2-9-18-11-12-3-1-4-15(12)16(19)20/h5-8,12,15,18H,1-4,9-11H2,(H,19,20). The van der Waals surface area contributed by atoms with Crippen LogP contribution in [0.5, 0.6) is 5.75 Å². The number of carboxylic acids is 1. The van der Waals surface area contributed by atoms with Crippen LogP contribution in [-0.2, 0) is 4.79 Å². The fraction of sp³-hybridized carbons (Fsp3) is 0.562. The van der Waals surface area contributed by atoms with Crippen LogP contribution < -0.4 is 10.1 Å². The number of halogens is 1. The molecule has 0 amide bonds. The third-order valence-electron chi connectivity index (χ3n) is 3.96. The van der Waals surface area contributed by atoms with E-state index in [4.69, 9.17) is 9.84 Å². The first-order valence-corrected chi connectivity index (χ1v) is 7.48. The summed E-state index contributed by atoms with van der Waals surface area (Å²) in [7, 11) is 0. The highest BCUT2D eigenvalue weighted by atomic mass is 19.1. The molecule has 21 heavy (non-hydrogen) atoms. The number of hydrogen-bond donors (Lipinski definition) is 2. The Morgan fingerprint density at radius 2 is 2.10 bits per heavy atom. The van der Waals surface area contributed by atoms with E-state index in [0.29, 0.717) is 12.4 Å². The Morgan fingerprint density at radius 3 is 2.81 bits per heavy atom. The van der Waals surface area contributed by atoms with E-state index in [1.165, 1.54) is 12.1 Å². The number of carbonyl (C=O) groups is 1. The molecule has 0 spiro atoms. The van der Waals surface area contributed by atoms with Crippen LogP contribution in [0.25, 0.3) is 0 Å². The van der Waals surface area contributed by atoms with Gasteiger partial charge in [-0.05, 0) is 62.5 Å². The number of aliphatic carboxylic acids is 1. The Bertz CT molecular complexity index is 449. The molecule has 1 aliphatic carbocycles. The summed E-state index contributed by atoms with van der Waals surface area (Å²) >= 11 is 0. The Hall–Kier alpha value is -1.62. The van der Waals surface area contributed by atoms with Gasteiger partial charge in [-0.2, -0.15) is 0 Å². The van der Waals surface area contributed by atoms with Crippen molar-refractivity contribution in [2.75, 3.05) is 19.7 Å². The average Bonchev–Trinajstić information content (AvgIpc) is 2.93. The minimum Gasteiger partial charge on any atom is -0.494 e. The molecular formula is C16H22FNO3. The predicted octanol–water partition coefficient (Wildman–Crippen LogP) is 2.69. The average molecular weight is 295 g/mol. The van der Waals surface area contributed by atoms with E-state index < -0.39 is 5.97 Å². The lowest BCUT2D eigenvalue weighted by atomic mass is 9.96. The molecule has 2 N–H and O–H groups in total. The van der Waals surface area contributed by atoms with Crippen LogP contribution in [0, 0.1) is 17.7 Å². The molecule has 1 fully saturated rings. The summed E-state index contributed by atoms with van der Waals surface area (Å²) in [6.45, 7) is 2.11. The molecular weight excluding hydrogens is 273 g/mol. The van der Waals surface area contributed by atoms with Crippen molar-refractivity contribution in [3.63, 3.8) is 0 Å². The van der Waals surface area contributed by atoms with Crippen molar-refractivity contribution >= 4 is 5.97 Å². The largest absolute Gasteiger partial charge is 0.494 e. The minimum atomic E-state index is -0.668. The Morgan fingerprint density at radius 1 is 1.33 bits per heavy atom. The summed E-state index contributed by atoms with van der Waals surface area (Å²) in [5.41, 5.74) is 0. The van der Waals surface area contributed by atoms with Gasteiger partial charge in [-0.1, -0.05) is 6.42 Å². The maximum atomic E-state index is 12.7. The van der Waals surface area contributed by atoms with E-state index >= 15 is 0 Å². The van der Waals surface area contributed by atoms with Crippen molar-refractivity contribution in [3.05, 3.63) is 30.1 Å². The van der Waals surface area contributed by atoms with Gasteiger partial charge < -0.3 is 15.2 Å². The highest BCUT2D eigenvalue weighted by Gasteiger charge is 2.32. The molecule has 4 nitrogen and oxygen atoms in total. The highest BCUT2D eigenvalue weighted by molar-refractivity contribution is 5.70. The summed E-state index contributed by atoms with van der Waals surface area (Å²) in [4.78, 5) is 11.1. The van der Waals surface area contributed by atoms with E-state index in [0.717, 1.165) is 38.8 Å². The summed E-state index contributed by atoms with van der Waals surface area (Å²) in [5.74, 6) is -0.209. The molecule has 5 heteroatoms. The topological polar surface area (TPSA) is 58.6 Å². The van der Waals surface area contributed by atoms with Gasteiger partial charge in [0.15, 0.2) is 0 Å². The normalized spacial score (nSPS) is 21.4. The van der Waals surface area contributed by atoms with Gasteiger partial charge in [0.2, 0.25) is 0 Å². The number of rotatable bonds is 8. The highest BCUT2D eigenvalue weighted by Crippen LogP contribution is 2.31. The van der Waals surface area contributed by atoms with Crippen LogP contribution >= 0.6 is 0 Å². The van der Waals surface area contributed by atoms with Crippen molar-refractivity contribution in [2.24, 2.45) is 11.8 Å². The Kier molecular flexibility index (Phi) is 5.99. The quantitative estimate of drug-likeness (QED) is 0.724. The molecule has 1 aliphatic rings. The second kappa shape index (κ2) is 7.98. The lowest BCUT2D eigenvalue weighted by Gasteiger charge is -2.16. The third-order valence-corrected chi connectivity index (χ3v) is 3.96. The second-order valence-corrected chi connectivity index (χ2v) is 5.50. The number of benzene rings is 1. The SMILES string of the molecule is O=C(O)C1CCCC1CNCCCOc1ccc(F)cc1. The van der Waals surface area contributed by atoms with E-state index in [1.54, 1.807) is 12.1 Å². The molecule has 1 saturated carbocycles. The number of hydrogen-bond acceptors (Lipinski definition) is 3. The van der Waals surface area contributed by atoms with Gasteiger partial charge in [0.1, 0.15) is 11.6 Å². The molecule has 0 saturated heterocycles. The molecule has 0 bridgehead atoms. The monoisotopic (exact) mass is 295 g/mol. The van der Waals surface area contributed by atoms with Gasteiger partial charge in [0, 0.05) is 0 Å². The van der Waals surface area contributed by atoms with Crippen molar-refractivity contribution < 1.29 is 19.0 Å². The maximum Gasteiger partial charge on any atom is 0.306 e. The molecule has 1 aromatic rings. The van der Waals surface area contributed by atoms with Crippen LogP contribution in [0.2, 0.25) is 0 Å². The second-order valence-electron chi connectivity index (χ2n) is 5.50. The van der Waals surface area contributed by atoms with E-state index in [9.17, 15) is 9.18 Å². The minimum absolute atomic E-state index is 0.187. The van der Waals surface area contributed by atoms with E-state index in [-0.39, 0.29) is 17.7 Å². The molecule has 116 valence electrons. The zero-order chi connectivity index (χ0) is 15.1. The molecule has 0 aromatic heterocycles. The molecule has 0 aliphatic heterocycles. The first-order chi connectivity index (χ1) is 10.2. The summed E-state index contributed by atoms with van der Waals surface area (Å²) in [6.07, 6.45) is 3.64. The summed E-state index contributed by atoms with van der Waals surface area (Å²) in [6, 6.07) is 5.97. The van der Waals surface area contributed by atoms with Gasteiger partial charge in [-0.3, -0.25) is 4.79 Å². The van der Waals surface area contributed by atoms with Gasteiger partial charge in [-0.25, -0.2) is 4.39 Å².